The van der Waals surface area contributed by atoms with Crippen molar-refractivity contribution in [3.05, 3.63) is 33.2 Å². The summed E-state index contributed by atoms with van der Waals surface area (Å²) >= 11 is 0. The molecule has 0 saturated carbocycles. The molecule has 100 valence electrons. The Morgan fingerprint density at radius 1 is 1.32 bits per heavy atom. The fourth-order valence-electron chi connectivity index (χ4n) is 1.44. The Hall–Kier alpha value is -2.78. The summed E-state index contributed by atoms with van der Waals surface area (Å²) in [5.41, 5.74) is -1.02. The van der Waals surface area contributed by atoms with Crippen molar-refractivity contribution >= 4 is 11.7 Å². The second kappa shape index (κ2) is 4.84. The van der Waals surface area contributed by atoms with Crippen LogP contribution in [0.15, 0.2) is 22.0 Å². The fraction of sp³-hybridized carbons (Fsp3) is 0.333. The van der Waals surface area contributed by atoms with Gasteiger partial charge in [0.2, 0.25) is 5.91 Å². The van der Waals surface area contributed by atoms with Crippen molar-refractivity contribution in [3.63, 3.8) is 0 Å². The van der Waals surface area contributed by atoms with Crippen LogP contribution in [0.4, 0.5) is 5.82 Å². The van der Waals surface area contributed by atoms with Crippen LogP contribution in [0.25, 0.3) is 0 Å². The van der Waals surface area contributed by atoms with Crippen LogP contribution in [0.5, 0.6) is 0 Å². The van der Waals surface area contributed by atoms with Crippen molar-refractivity contribution in [2.45, 2.75) is 6.54 Å². The smallest absolute Gasteiger partial charge is 0.310 e. The number of tetrazole rings is 1. The highest BCUT2D eigenvalue weighted by molar-refractivity contribution is 5.89. The minimum atomic E-state index is -0.523. The van der Waals surface area contributed by atoms with E-state index in [9.17, 15) is 14.4 Å². The van der Waals surface area contributed by atoms with Gasteiger partial charge in [0, 0.05) is 20.2 Å². The zero-order valence-corrected chi connectivity index (χ0v) is 10.3. The van der Waals surface area contributed by atoms with Crippen LogP contribution < -0.4 is 16.6 Å². The van der Waals surface area contributed by atoms with Crippen molar-refractivity contribution in [2.75, 3.05) is 5.32 Å². The lowest BCUT2D eigenvalue weighted by molar-refractivity contribution is -0.117. The van der Waals surface area contributed by atoms with E-state index in [1.807, 2.05) is 0 Å². The maximum atomic E-state index is 11.7. The van der Waals surface area contributed by atoms with E-state index in [-0.39, 0.29) is 12.4 Å². The molecule has 0 saturated heterocycles. The van der Waals surface area contributed by atoms with Crippen LogP contribution in [0.2, 0.25) is 0 Å². The fourth-order valence-corrected chi connectivity index (χ4v) is 1.44. The van der Waals surface area contributed by atoms with Gasteiger partial charge in [-0.2, -0.15) is 0 Å². The molecule has 0 aromatic carbocycles. The number of aromatic nitrogens is 6. The number of nitrogens with one attached hydrogen (secondary N) is 1. The molecule has 1 amide bonds. The van der Waals surface area contributed by atoms with E-state index in [4.69, 9.17) is 0 Å². The molecule has 10 nitrogen and oxygen atoms in total. The number of hydrogen-bond donors (Lipinski definition) is 1. The molecule has 0 aliphatic heterocycles. The van der Waals surface area contributed by atoms with E-state index in [1.165, 1.54) is 35.7 Å². The Labute approximate surface area is 106 Å². The van der Waals surface area contributed by atoms with Gasteiger partial charge in [-0.15, -0.1) is 5.10 Å². The average molecular weight is 265 g/mol. The van der Waals surface area contributed by atoms with Crippen LogP contribution in [0.1, 0.15) is 0 Å². The summed E-state index contributed by atoms with van der Waals surface area (Å²) < 4.78 is 3.32. The van der Waals surface area contributed by atoms with Crippen molar-refractivity contribution in [1.29, 1.82) is 0 Å². The predicted molar refractivity (Wildman–Crippen MR) is 63.4 cm³/mol. The molecule has 0 aliphatic rings. The summed E-state index contributed by atoms with van der Waals surface area (Å²) in [5.74, 6) is -0.332. The highest BCUT2D eigenvalue weighted by atomic mass is 16.2. The largest absolute Gasteiger partial charge is 0.332 e. The molecule has 2 aromatic rings. The number of amides is 1. The van der Waals surface area contributed by atoms with Crippen molar-refractivity contribution < 1.29 is 4.79 Å². The molecule has 0 radical (unpaired) electrons. The second-order valence-electron chi connectivity index (χ2n) is 3.82. The number of hydrogen-bond acceptors (Lipinski definition) is 6. The molecule has 2 rings (SSSR count). The molecule has 0 unspecified atom stereocenters. The first kappa shape index (κ1) is 12.7. The van der Waals surface area contributed by atoms with Gasteiger partial charge < -0.3 is 5.32 Å². The monoisotopic (exact) mass is 265 g/mol. The van der Waals surface area contributed by atoms with Gasteiger partial charge in [-0.25, -0.2) is 9.48 Å². The molecular formula is C9H11N7O3. The van der Waals surface area contributed by atoms with E-state index in [1.54, 1.807) is 0 Å². The van der Waals surface area contributed by atoms with E-state index in [2.05, 4.69) is 20.8 Å². The number of carbonyl (C=O) groups excluding carboxylic acids is 1. The van der Waals surface area contributed by atoms with Gasteiger partial charge in [0.05, 0.1) is 0 Å². The molecule has 1 N–H and O–H groups in total. The number of nitrogens with zero attached hydrogens (tertiary/aromatic N) is 6. The van der Waals surface area contributed by atoms with Gasteiger partial charge in [-0.05, 0) is 10.4 Å². The van der Waals surface area contributed by atoms with Gasteiger partial charge in [-0.1, -0.05) is 0 Å². The average Bonchev–Trinajstić information content (AvgIpc) is 2.86. The highest BCUT2D eigenvalue weighted by Crippen LogP contribution is 1.98. The van der Waals surface area contributed by atoms with E-state index >= 15 is 0 Å². The van der Waals surface area contributed by atoms with Gasteiger partial charge in [0.15, 0.2) is 0 Å². The third-order valence-electron chi connectivity index (χ3n) is 2.49. The molecule has 0 bridgehead atoms. The van der Waals surface area contributed by atoms with E-state index in [0.717, 1.165) is 4.57 Å². The normalized spacial score (nSPS) is 10.4. The SMILES string of the molecule is Cn1c(NC(=O)Cn2cnnn2)cc(=O)n(C)c1=O. The maximum Gasteiger partial charge on any atom is 0.332 e. The van der Waals surface area contributed by atoms with E-state index in [0.29, 0.717) is 0 Å². The Kier molecular flexibility index (Phi) is 3.23. The summed E-state index contributed by atoms with van der Waals surface area (Å²) in [6.07, 6.45) is 1.28. The third kappa shape index (κ3) is 2.56. The highest BCUT2D eigenvalue weighted by Gasteiger charge is 2.10. The molecule has 2 aromatic heterocycles. The molecule has 19 heavy (non-hydrogen) atoms. The van der Waals surface area contributed by atoms with Crippen LogP contribution >= 0.6 is 0 Å². The molecule has 2 heterocycles. The van der Waals surface area contributed by atoms with Gasteiger partial charge in [-0.3, -0.25) is 18.7 Å². The topological polar surface area (TPSA) is 117 Å². The summed E-state index contributed by atoms with van der Waals surface area (Å²) in [6, 6.07) is 1.17. The van der Waals surface area contributed by atoms with Gasteiger partial charge in [0.1, 0.15) is 18.7 Å². The van der Waals surface area contributed by atoms with Crippen LogP contribution in [-0.4, -0.2) is 35.2 Å². The molecule has 0 aliphatic carbocycles. The quantitative estimate of drug-likeness (QED) is 0.667. The standard InChI is InChI=1S/C9H11N7O3/c1-14-6(3-8(18)15(2)9(14)19)11-7(17)4-16-5-10-12-13-16/h3,5H,4H2,1-2H3,(H,11,17). The first-order chi connectivity index (χ1) is 8.99. The number of carbonyl (C=O) groups is 1. The first-order valence-electron chi connectivity index (χ1n) is 5.26. The molecule has 10 heteroatoms. The van der Waals surface area contributed by atoms with Gasteiger partial charge >= 0.3 is 5.69 Å². The third-order valence-corrected chi connectivity index (χ3v) is 2.49. The minimum absolute atomic E-state index is 0.115. The van der Waals surface area contributed by atoms with Crippen LogP contribution in [-0.2, 0) is 25.4 Å². The first-order valence-corrected chi connectivity index (χ1v) is 5.26. The lowest BCUT2D eigenvalue weighted by atomic mass is 10.5. The number of anilines is 1. The summed E-state index contributed by atoms with van der Waals surface area (Å²) in [4.78, 5) is 34.8. The Balaban J connectivity index is 2.22. The molecule has 0 atom stereocenters. The van der Waals surface area contributed by atoms with Crippen LogP contribution in [0.3, 0.4) is 0 Å². The lowest BCUT2D eigenvalue weighted by Crippen LogP contribution is -2.38. The van der Waals surface area contributed by atoms with Crippen molar-refractivity contribution in [1.82, 2.24) is 29.3 Å². The zero-order valence-electron chi connectivity index (χ0n) is 10.3. The lowest BCUT2D eigenvalue weighted by Gasteiger charge is -2.10. The Morgan fingerprint density at radius 3 is 2.68 bits per heavy atom. The van der Waals surface area contributed by atoms with Gasteiger partial charge in [0.25, 0.3) is 5.56 Å². The predicted octanol–water partition coefficient (Wildman–Crippen LogP) is -2.29. The minimum Gasteiger partial charge on any atom is -0.310 e. The summed E-state index contributed by atoms with van der Waals surface area (Å²) in [6.45, 7) is -0.115. The number of rotatable bonds is 3. The zero-order chi connectivity index (χ0) is 14.0. The summed E-state index contributed by atoms with van der Waals surface area (Å²) in [5, 5.41) is 12.7. The Bertz CT molecular complexity index is 712. The Morgan fingerprint density at radius 2 is 2.05 bits per heavy atom. The maximum absolute atomic E-state index is 11.7. The molecule has 0 spiro atoms. The molecule has 0 fully saturated rings. The molecular weight excluding hydrogens is 254 g/mol. The summed E-state index contributed by atoms with van der Waals surface area (Å²) in [7, 11) is 2.81. The van der Waals surface area contributed by atoms with E-state index < -0.39 is 17.2 Å². The second-order valence-corrected chi connectivity index (χ2v) is 3.82. The van der Waals surface area contributed by atoms with Crippen molar-refractivity contribution in [3.8, 4) is 0 Å². The van der Waals surface area contributed by atoms with Crippen LogP contribution in [0, 0.1) is 0 Å². The van der Waals surface area contributed by atoms with Crippen molar-refractivity contribution in [2.24, 2.45) is 14.1 Å².